The van der Waals surface area contributed by atoms with E-state index in [2.05, 4.69) is 15.9 Å². The molecule has 1 aromatic rings. The van der Waals surface area contributed by atoms with Crippen LogP contribution in [0.3, 0.4) is 0 Å². The molecule has 0 saturated carbocycles. The Hall–Kier alpha value is -1.03. The van der Waals surface area contributed by atoms with Crippen LogP contribution in [0.5, 0.6) is 0 Å². The van der Waals surface area contributed by atoms with E-state index in [9.17, 15) is 19.1 Å². The molecule has 2 heterocycles. The average Bonchev–Trinajstić information content (AvgIpc) is 2.61. The molecule has 0 spiro atoms. The van der Waals surface area contributed by atoms with Crippen molar-refractivity contribution in [2.45, 2.75) is 24.6 Å². The maximum Gasteiger partial charge on any atom is 0.330 e. The van der Waals surface area contributed by atoms with E-state index in [1.165, 1.54) is 0 Å². The lowest BCUT2D eigenvalue weighted by atomic mass is 10.1. The summed E-state index contributed by atoms with van der Waals surface area (Å²) in [5.41, 5.74) is -1.51. The summed E-state index contributed by atoms with van der Waals surface area (Å²) in [7, 11) is 0. The number of aromatic amines is 1. The van der Waals surface area contributed by atoms with Crippen LogP contribution in [0.15, 0.2) is 20.3 Å². The molecule has 0 aromatic carbocycles. The monoisotopic (exact) mass is 324 g/mol. The molecule has 1 aliphatic heterocycles. The Balaban J connectivity index is 2.42. The first-order valence-electron chi connectivity index (χ1n) is 5.05. The molecule has 18 heavy (non-hydrogen) atoms. The van der Waals surface area contributed by atoms with Gasteiger partial charge in [-0.25, -0.2) is 9.18 Å². The Labute approximate surface area is 108 Å². The lowest BCUT2D eigenvalue weighted by Gasteiger charge is -2.15. The number of aliphatic hydroxyl groups is 2. The molecule has 1 unspecified atom stereocenters. The summed E-state index contributed by atoms with van der Waals surface area (Å²) in [5.74, 6) is 0. The summed E-state index contributed by atoms with van der Waals surface area (Å²) in [6, 6.07) is 0. The maximum atomic E-state index is 13.8. The van der Waals surface area contributed by atoms with Gasteiger partial charge in [0, 0.05) is 6.20 Å². The second-order valence-corrected chi connectivity index (χ2v) is 4.68. The van der Waals surface area contributed by atoms with E-state index in [1.54, 1.807) is 0 Å². The number of aliphatic hydroxyl groups excluding tert-OH is 2. The van der Waals surface area contributed by atoms with Gasteiger partial charge < -0.3 is 14.9 Å². The van der Waals surface area contributed by atoms with E-state index in [-0.39, 0.29) is 4.47 Å². The van der Waals surface area contributed by atoms with Crippen molar-refractivity contribution in [3.63, 3.8) is 0 Å². The lowest BCUT2D eigenvalue weighted by Crippen LogP contribution is -2.36. The number of rotatable bonds is 2. The standard InChI is InChI=1S/C9H10BrFN2O5/c10-3-1-13(9(17)12-7(3)16)8-5(11)6(15)4(2-14)18-8/h1,4-6,8,14-15H,2H2,(H,12,16,17)/t4-,5?,6-,8-/m1/s1. The zero-order valence-corrected chi connectivity index (χ0v) is 10.5. The summed E-state index contributed by atoms with van der Waals surface area (Å²) < 4.78 is 19.6. The zero-order chi connectivity index (χ0) is 13.4. The van der Waals surface area contributed by atoms with Crippen LogP contribution in [0.2, 0.25) is 0 Å². The predicted molar refractivity (Wildman–Crippen MR) is 60.9 cm³/mol. The Morgan fingerprint density at radius 1 is 1.56 bits per heavy atom. The molecule has 1 aromatic heterocycles. The fourth-order valence-corrected chi connectivity index (χ4v) is 2.05. The molecule has 9 heteroatoms. The van der Waals surface area contributed by atoms with Gasteiger partial charge in [-0.3, -0.25) is 14.3 Å². The van der Waals surface area contributed by atoms with Gasteiger partial charge in [0.05, 0.1) is 11.1 Å². The SMILES string of the molecule is O=c1[nH]c(=O)n([C@@H]2O[C@H](CO)[C@@H](O)C2F)cc1Br. The quantitative estimate of drug-likeness (QED) is 0.639. The van der Waals surface area contributed by atoms with Gasteiger partial charge in [0.2, 0.25) is 0 Å². The Morgan fingerprint density at radius 3 is 2.78 bits per heavy atom. The molecule has 100 valence electrons. The van der Waals surface area contributed by atoms with Gasteiger partial charge in [0.15, 0.2) is 12.4 Å². The predicted octanol–water partition coefficient (Wildman–Crippen LogP) is -1.11. The van der Waals surface area contributed by atoms with Crippen molar-refractivity contribution < 1.29 is 19.3 Å². The van der Waals surface area contributed by atoms with Gasteiger partial charge >= 0.3 is 5.69 Å². The van der Waals surface area contributed by atoms with Crippen LogP contribution in [0.1, 0.15) is 6.23 Å². The molecule has 1 saturated heterocycles. The van der Waals surface area contributed by atoms with E-state index in [4.69, 9.17) is 9.84 Å². The first kappa shape index (κ1) is 13.4. The third-order valence-corrected chi connectivity index (χ3v) is 3.24. The summed E-state index contributed by atoms with van der Waals surface area (Å²) in [4.78, 5) is 24.6. The van der Waals surface area contributed by atoms with Crippen molar-refractivity contribution in [3.05, 3.63) is 31.5 Å². The minimum Gasteiger partial charge on any atom is -0.394 e. The van der Waals surface area contributed by atoms with E-state index in [1.807, 2.05) is 4.98 Å². The van der Waals surface area contributed by atoms with Gasteiger partial charge in [-0.2, -0.15) is 0 Å². The smallest absolute Gasteiger partial charge is 0.330 e. The third kappa shape index (κ3) is 2.14. The second-order valence-electron chi connectivity index (χ2n) is 3.83. The Kier molecular flexibility index (Phi) is 3.66. The van der Waals surface area contributed by atoms with Crippen LogP contribution in [0, 0.1) is 0 Å². The largest absolute Gasteiger partial charge is 0.394 e. The molecule has 0 radical (unpaired) electrons. The van der Waals surface area contributed by atoms with Gasteiger partial charge in [-0.15, -0.1) is 0 Å². The number of aromatic nitrogens is 2. The first-order chi connectivity index (χ1) is 8.45. The average molecular weight is 325 g/mol. The minimum absolute atomic E-state index is 0.0276. The molecule has 1 aliphatic rings. The third-order valence-electron chi connectivity index (χ3n) is 2.67. The van der Waals surface area contributed by atoms with Gasteiger partial charge in [0.25, 0.3) is 5.56 Å². The maximum absolute atomic E-state index is 13.8. The summed E-state index contributed by atoms with van der Waals surface area (Å²) in [6.07, 6.45) is -4.83. The minimum atomic E-state index is -1.88. The molecular weight excluding hydrogens is 315 g/mol. The Bertz CT molecular complexity index is 559. The molecule has 4 atom stereocenters. The van der Waals surface area contributed by atoms with Crippen LogP contribution in [-0.4, -0.2) is 44.8 Å². The van der Waals surface area contributed by atoms with Gasteiger partial charge in [0.1, 0.15) is 12.2 Å². The number of hydrogen-bond donors (Lipinski definition) is 3. The van der Waals surface area contributed by atoms with E-state index >= 15 is 0 Å². The summed E-state index contributed by atoms with van der Waals surface area (Å²) in [5, 5.41) is 18.3. The molecule has 3 N–H and O–H groups in total. The van der Waals surface area contributed by atoms with Crippen LogP contribution >= 0.6 is 15.9 Å². The highest BCUT2D eigenvalue weighted by molar-refractivity contribution is 9.10. The zero-order valence-electron chi connectivity index (χ0n) is 8.92. The number of H-pyrrole nitrogens is 1. The number of halogens is 2. The van der Waals surface area contributed by atoms with Crippen molar-refractivity contribution in [1.29, 1.82) is 0 Å². The van der Waals surface area contributed by atoms with Crippen LogP contribution < -0.4 is 11.2 Å². The van der Waals surface area contributed by atoms with E-state index in [0.29, 0.717) is 0 Å². The highest BCUT2D eigenvalue weighted by atomic mass is 79.9. The number of ether oxygens (including phenoxy) is 1. The van der Waals surface area contributed by atoms with Crippen molar-refractivity contribution in [2.24, 2.45) is 0 Å². The molecule has 2 rings (SSSR count). The Morgan fingerprint density at radius 2 is 2.22 bits per heavy atom. The topological polar surface area (TPSA) is 105 Å². The molecular formula is C9H10BrFN2O5. The first-order valence-corrected chi connectivity index (χ1v) is 5.84. The van der Waals surface area contributed by atoms with Gasteiger partial charge in [-0.05, 0) is 15.9 Å². The fourth-order valence-electron chi connectivity index (χ4n) is 1.73. The molecule has 0 aliphatic carbocycles. The second kappa shape index (κ2) is 4.92. The number of nitrogens with zero attached hydrogens (tertiary/aromatic N) is 1. The van der Waals surface area contributed by atoms with Crippen molar-refractivity contribution >= 4 is 15.9 Å². The molecule has 7 nitrogen and oxygen atoms in total. The normalized spacial score (nSPS) is 31.8. The summed E-state index contributed by atoms with van der Waals surface area (Å²) >= 11 is 2.90. The highest BCUT2D eigenvalue weighted by Gasteiger charge is 2.45. The number of alkyl halides is 1. The van der Waals surface area contributed by atoms with E-state index < -0.39 is 42.5 Å². The van der Waals surface area contributed by atoms with Crippen LogP contribution in [0.4, 0.5) is 4.39 Å². The summed E-state index contributed by atoms with van der Waals surface area (Å²) in [6.45, 7) is -0.572. The molecule has 1 fully saturated rings. The van der Waals surface area contributed by atoms with Crippen molar-refractivity contribution in [2.75, 3.05) is 6.61 Å². The fraction of sp³-hybridized carbons (Fsp3) is 0.556. The highest BCUT2D eigenvalue weighted by Crippen LogP contribution is 2.30. The van der Waals surface area contributed by atoms with Gasteiger partial charge in [-0.1, -0.05) is 0 Å². The molecule has 0 bridgehead atoms. The van der Waals surface area contributed by atoms with E-state index in [0.717, 1.165) is 10.8 Å². The van der Waals surface area contributed by atoms with Crippen LogP contribution in [-0.2, 0) is 4.74 Å². The number of hydrogen-bond acceptors (Lipinski definition) is 5. The van der Waals surface area contributed by atoms with Crippen molar-refractivity contribution in [3.8, 4) is 0 Å². The molecule has 0 amide bonds. The van der Waals surface area contributed by atoms with Crippen molar-refractivity contribution in [1.82, 2.24) is 9.55 Å². The number of nitrogens with one attached hydrogen (secondary N) is 1. The lowest BCUT2D eigenvalue weighted by molar-refractivity contribution is -0.0492. The van der Waals surface area contributed by atoms with Crippen LogP contribution in [0.25, 0.3) is 0 Å².